The Morgan fingerprint density at radius 3 is 2.47 bits per heavy atom. The first-order valence-corrected chi connectivity index (χ1v) is 6.28. The average Bonchev–Trinajstić information content (AvgIpc) is 2.46. The van der Waals surface area contributed by atoms with Crippen LogP contribution >= 0.6 is 47.8 Å². The van der Waals surface area contributed by atoms with E-state index < -0.39 is 0 Å². The maximum absolute atomic E-state index is 5.63. The smallest absolute Gasteiger partial charge is 0.167 e. The van der Waals surface area contributed by atoms with E-state index in [9.17, 15) is 0 Å². The van der Waals surface area contributed by atoms with Crippen LogP contribution in [-0.4, -0.2) is 14.8 Å². The van der Waals surface area contributed by atoms with Crippen LogP contribution in [0.2, 0.25) is 0 Å². The standard InChI is InChI=1S/C8H5Br3N4/c9-4-1-5(10)8(13-2-4)15-3-6(11)7(12)14-15/h1-3H,(H2,12,14). The lowest BCUT2D eigenvalue weighted by Gasteiger charge is -2.02. The molecule has 0 aromatic carbocycles. The van der Waals surface area contributed by atoms with E-state index in [1.54, 1.807) is 17.1 Å². The molecule has 2 aromatic heterocycles. The summed E-state index contributed by atoms with van der Waals surface area (Å²) in [5, 5.41) is 4.11. The van der Waals surface area contributed by atoms with Crippen molar-refractivity contribution < 1.29 is 0 Å². The van der Waals surface area contributed by atoms with Crippen LogP contribution in [0.4, 0.5) is 5.82 Å². The van der Waals surface area contributed by atoms with Crippen LogP contribution in [0.1, 0.15) is 0 Å². The van der Waals surface area contributed by atoms with Gasteiger partial charge in [-0.2, -0.15) is 0 Å². The summed E-state index contributed by atoms with van der Waals surface area (Å²) in [5.74, 6) is 1.13. The van der Waals surface area contributed by atoms with Gasteiger partial charge in [-0.25, -0.2) is 9.67 Å². The Morgan fingerprint density at radius 2 is 1.93 bits per heavy atom. The predicted octanol–water partition coefficient (Wildman–Crippen LogP) is 3.14. The number of hydrogen-bond acceptors (Lipinski definition) is 3. The number of halogens is 3. The van der Waals surface area contributed by atoms with Crippen LogP contribution in [0.5, 0.6) is 0 Å². The van der Waals surface area contributed by atoms with Crippen molar-refractivity contribution in [3.05, 3.63) is 31.9 Å². The van der Waals surface area contributed by atoms with Crippen LogP contribution in [0.3, 0.4) is 0 Å². The number of anilines is 1. The monoisotopic (exact) mass is 394 g/mol. The Kier molecular flexibility index (Phi) is 3.13. The molecule has 0 aliphatic carbocycles. The molecule has 15 heavy (non-hydrogen) atoms. The van der Waals surface area contributed by atoms with Crippen molar-refractivity contribution in [1.29, 1.82) is 0 Å². The van der Waals surface area contributed by atoms with Gasteiger partial charge in [0.1, 0.15) is 0 Å². The second kappa shape index (κ2) is 4.23. The number of nitrogens with zero attached hydrogens (tertiary/aromatic N) is 3. The van der Waals surface area contributed by atoms with E-state index in [1.165, 1.54) is 0 Å². The van der Waals surface area contributed by atoms with Gasteiger partial charge in [-0.15, -0.1) is 5.10 Å². The molecule has 0 aliphatic heterocycles. The maximum atomic E-state index is 5.63. The van der Waals surface area contributed by atoms with Crippen molar-refractivity contribution in [2.24, 2.45) is 0 Å². The molecule has 0 aliphatic rings. The second-order valence-corrected chi connectivity index (χ2v) is 5.39. The van der Waals surface area contributed by atoms with Gasteiger partial charge in [0.15, 0.2) is 11.6 Å². The minimum Gasteiger partial charge on any atom is -0.381 e. The lowest BCUT2D eigenvalue weighted by molar-refractivity contribution is 0.845. The first-order chi connectivity index (χ1) is 7.08. The third-order valence-electron chi connectivity index (χ3n) is 1.70. The zero-order valence-electron chi connectivity index (χ0n) is 7.28. The SMILES string of the molecule is Nc1nn(-c2ncc(Br)cc2Br)cc1Br. The molecule has 0 bridgehead atoms. The molecule has 0 saturated heterocycles. The molecule has 0 fully saturated rings. The fraction of sp³-hybridized carbons (Fsp3) is 0. The third kappa shape index (κ3) is 2.24. The van der Waals surface area contributed by atoms with Crippen LogP contribution in [0.25, 0.3) is 5.82 Å². The summed E-state index contributed by atoms with van der Waals surface area (Å²) in [6.45, 7) is 0. The molecule has 0 unspecified atom stereocenters. The fourth-order valence-electron chi connectivity index (χ4n) is 1.05. The zero-order valence-corrected chi connectivity index (χ0v) is 12.0. The molecular weight excluding hydrogens is 392 g/mol. The molecule has 2 rings (SSSR count). The predicted molar refractivity (Wildman–Crippen MR) is 68.9 cm³/mol. The third-order valence-corrected chi connectivity index (χ3v) is 3.33. The Morgan fingerprint density at radius 1 is 1.20 bits per heavy atom. The van der Waals surface area contributed by atoms with Gasteiger partial charge in [0.25, 0.3) is 0 Å². The van der Waals surface area contributed by atoms with Crippen molar-refractivity contribution in [2.45, 2.75) is 0 Å². The molecule has 0 radical (unpaired) electrons. The molecular formula is C8H5Br3N4. The van der Waals surface area contributed by atoms with Crippen molar-refractivity contribution >= 4 is 53.6 Å². The zero-order chi connectivity index (χ0) is 11.0. The summed E-state index contributed by atoms with van der Waals surface area (Å²) in [4.78, 5) is 4.23. The number of hydrogen-bond donors (Lipinski definition) is 1. The lowest BCUT2D eigenvalue weighted by atomic mass is 10.5. The Balaban J connectivity index is 2.54. The normalized spacial score (nSPS) is 10.6. The van der Waals surface area contributed by atoms with Gasteiger partial charge in [0.2, 0.25) is 0 Å². The molecule has 0 spiro atoms. The Hall–Kier alpha value is -0.400. The van der Waals surface area contributed by atoms with Crippen molar-refractivity contribution in [3.63, 3.8) is 0 Å². The van der Waals surface area contributed by atoms with Crippen LogP contribution < -0.4 is 5.73 Å². The van der Waals surface area contributed by atoms with E-state index in [2.05, 4.69) is 57.9 Å². The molecule has 78 valence electrons. The lowest BCUT2D eigenvalue weighted by Crippen LogP contribution is -2.00. The highest BCUT2D eigenvalue weighted by Crippen LogP contribution is 2.25. The Labute approximate surface area is 111 Å². The molecule has 0 atom stereocenters. The number of nitrogens with two attached hydrogens (primary N) is 1. The number of pyridine rings is 1. The van der Waals surface area contributed by atoms with Crippen molar-refractivity contribution in [2.75, 3.05) is 5.73 Å². The van der Waals surface area contributed by atoms with Crippen LogP contribution in [0.15, 0.2) is 31.9 Å². The molecule has 2 heterocycles. The molecule has 0 saturated carbocycles. The van der Waals surface area contributed by atoms with Gasteiger partial charge in [0.05, 0.1) is 8.95 Å². The van der Waals surface area contributed by atoms with Crippen LogP contribution in [-0.2, 0) is 0 Å². The Bertz CT molecular complexity index is 489. The second-order valence-electron chi connectivity index (χ2n) is 2.77. The molecule has 2 N–H and O–H groups in total. The summed E-state index contributed by atoms with van der Waals surface area (Å²) in [7, 11) is 0. The van der Waals surface area contributed by atoms with Gasteiger partial charge in [0, 0.05) is 16.9 Å². The van der Waals surface area contributed by atoms with Crippen molar-refractivity contribution in [3.8, 4) is 5.82 Å². The highest BCUT2D eigenvalue weighted by Gasteiger charge is 2.08. The van der Waals surface area contributed by atoms with E-state index in [0.717, 1.165) is 13.4 Å². The minimum absolute atomic E-state index is 0.437. The van der Waals surface area contributed by atoms with Gasteiger partial charge in [-0.3, -0.25) is 0 Å². The van der Waals surface area contributed by atoms with E-state index in [4.69, 9.17) is 5.73 Å². The van der Waals surface area contributed by atoms with E-state index in [-0.39, 0.29) is 0 Å². The summed E-state index contributed by atoms with van der Waals surface area (Å²) in [6.07, 6.45) is 3.46. The first-order valence-electron chi connectivity index (χ1n) is 3.90. The summed E-state index contributed by atoms with van der Waals surface area (Å²) in [6, 6.07) is 1.90. The molecule has 4 nitrogen and oxygen atoms in total. The number of nitrogen functional groups attached to an aromatic ring is 1. The van der Waals surface area contributed by atoms with Gasteiger partial charge < -0.3 is 5.73 Å². The maximum Gasteiger partial charge on any atom is 0.167 e. The highest BCUT2D eigenvalue weighted by molar-refractivity contribution is 9.11. The van der Waals surface area contributed by atoms with E-state index in [1.807, 2.05) is 6.07 Å². The number of rotatable bonds is 1. The quantitative estimate of drug-likeness (QED) is 0.805. The minimum atomic E-state index is 0.437. The summed E-state index contributed by atoms with van der Waals surface area (Å²) >= 11 is 10.0. The van der Waals surface area contributed by atoms with Crippen LogP contribution in [0, 0.1) is 0 Å². The van der Waals surface area contributed by atoms with Crippen molar-refractivity contribution in [1.82, 2.24) is 14.8 Å². The number of aromatic nitrogens is 3. The van der Waals surface area contributed by atoms with Gasteiger partial charge in [-0.1, -0.05) is 0 Å². The first kappa shape index (κ1) is 11.1. The topological polar surface area (TPSA) is 56.7 Å². The fourth-order valence-corrected chi connectivity index (χ4v) is 2.49. The van der Waals surface area contributed by atoms with Gasteiger partial charge >= 0.3 is 0 Å². The largest absolute Gasteiger partial charge is 0.381 e. The van der Waals surface area contributed by atoms with E-state index in [0.29, 0.717) is 11.6 Å². The summed E-state index contributed by atoms with van der Waals surface area (Å²) < 4.78 is 4.10. The average molecular weight is 397 g/mol. The summed E-state index contributed by atoms with van der Waals surface area (Å²) in [5.41, 5.74) is 5.63. The van der Waals surface area contributed by atoms with E-state index >= 15 is 0 Å². The molecule has 0 amide bonds. The molecule has 2 aromatic rings. The van der Waals surface area contributed by atoms with Gasteiger partial charge in [-0.05, 0) is 53.9 Å². The highest BCUT2D eigenvalue weighted by atomic mass is 79.9. The molecule has 7 heteroatoms.